The molecule has 6 nitrogen and oxygen atoms in total. The predicted octanol–water partition coefficient (Wildman–Crippen LogP) is 1.45. The van der Waals surface area contributed by atoms with Crippen LogP contribution < -0.4 is 16.4 Å². The highest BCUT2D eigenvalue weighted by atomic mass is 16.2. The molecule has 0 aliphatic rings. The van der Waals surface area contributed by atoms with Gasteiger partial charge in [0.25, 0.3) is 5.91 Å². The molecule has 1 aromatic heterocycles. The number of nitrogens with one attached hydrogen (secondary N) is 2. The molecule has 1 unspecified atom stereocenters. The summed E-state index contributed by atoms with van der Waals surface area (Å²) in [5.74, 6) is -0.961. The smallest absolute Gasteiger partial charge is 0.255 e. The Balaban J connectivity index is 2.98. The Morgan fingerprint density at radius 1 is 1.38 bits per heavy atom. The van der Waals surface area contributed by atoms with Crippen molar-refractivity contribution in [3.05, 3.63) is 23.5 Å². The summed E-state index contributed by atoms with van der Waals surface area (Å²) in [6.07, 6.45) is 2.46. The average molecular weight is 292 g/mol. The maximum Gasteiger partial charge on any atom is 0.255 e. The number of amides is 2. The standard InChI is InChI=1S/C15H24N4O2/c1-5-6-17-12-7-10(4)18-8-11(12)15(21)19-13(9(2)3)14(16)20/h7-9,13H,5-6H2,1-4H3,(H2,16,20)(H,17,18)(H,19,21). The maximum atomic E-state index is 12.4. The number of hydrogen-bond donors (Lipinski definition) is 3. The average Bonchev–Trinajstić information content (AvgIpc) is 2.41. The second kappa shape index (κ2) is 7.61. The van der Waals surface area contributed by atoms with Crippen molar-refractivity contribution in [2.45, 2.75) is 40.2 Å². The summed E-state index contributed by atoms with van der Waals surface area (Å²) in [7, 11) is 0. The lowest BCUT2D eigenvalue weighted by Gasteiger charge is -2.20. The number of aryl methyl sites for hydroxylation is 1. The Hall–Kier alpha value is -2.11. The van der Waals surface area contributed by atoms with Crippen LogP contribution in [0, 0.1) is 12.8 Å². The molecule has 6 heteroatoms. The predicted molar refractivity (Wildman–Crippen MR) is 83.0 cm³/mol. The molecule has 1 heterocycles. The number of pyridine rings is 1. The van der Waals surface area contributed by atoms with Crippen LogP contribution in [0.3, 0.4) is 0 Å². The monoisotopic (exact) mass is 292 g/mol. The van der Waals surface area contributed by atoms with Crippen LogP contribution in [0.5, 0.6) is 0 Å². The number of carbonyl (C=O) groups is 2. The summed E-state index contributed by atoms with van der Waals surface area (Å²) >= 11 is 0. The van der Waals surface area contributed by atoms with E-state index in [1.54, 1.807) is 0 Å². The molecule has 0 spiro atoms. The number of carbonyl (C=O) groups excluding carboxylic acids is 2. The fraction of sp³-hybridized carbons (Fsp3) is 0.533. The van der Waals surface area contributed by atoms with E-state index in [4.69, 9.17) is 5.73 Å². The van der Waals surface area contributed by atoms with Gasteiger partial charge in [-0.3, -0.25) is 14.6 Å². The Bertz CT molecular complexity index is 514. The zero-order valence-corrected chi connectivity index (χ0v) is 13.1. The van der Waals surface area contributed by atoms with Crippen molar-refractivity contribution in [1.29, 1.82) is 0 Å². The highest BCUT2D eigenvalue weighted by Crippen LogP contribution is 2.16. The van der Waals surface area contributed by atoms with Crippen LogP contribution in [0.4, 0.5) is 5.69 Å². The van der Waals surface area contributed by atoms with E-state index in [-0.39, 0.29) is 11.8 Å². The number of anilines is 1. The largest absolute Gasteiger partial charge is 0.384 e. The molecule has 0 aliphatic heterocycles. The molecule has 0 aliphatic carbocycles. The molecular weight excluding hydrogens is 268 g/mol. The van der Waals surface area contributed by atoms with Crippen molar-refractivity contribution in [3.8, 4) is 0 Å². The highest BCUT2D eigenvalue weighted by molar-refractivity contribution is 6.01. The third-order valence-corrected chi connectivity index (χ3v) is 3.11. The first kappa shape index (κ1) is 16.9. The first-order valence-corrected chi connectivity index (χ1v) is 7.17. The van der Waals surface area contributed by atoms with E-state index < -0.39 is 11.9 Å². The van der Waals surface area contributed by atoms with E-state index in [1.807, 2.05) is 33.8 Å². The van der Waals surface area contributed by atoms with Gasteiger partial charge in [-0.15, -0.1) is 0 Å². The van der Waals surface area contributed by atoms with Gasteiger partial charge in [-0.1, -0.05) is 20.8 Å². The summed E-state index contributed by atoms with van der Waals surface area (Å²) in [4.78, 5) is 27.9. The van der Waals surface area contributed by atoms with Gasteiger partial charge in [-0.05, 0) is 25.3 Å². The molecule has 2 amide bonds. The van der Waals surface area contributed by atoms with Crippen molar-refractivity contribution in [3.63, 3.8) is 0 Å². The van der Waals surface area contributed by atoms with Crippen molar-refractivity contribution in [1.82, 2.24) is 10.3 Å². The highest BCUT2D eigenvalue weighted by Gasteiger charge is 2.23. The number of nitrogens with zero attached hydrogens (tertiary/aromatic N) is 1. The van der Waals surface area contributed by atoms with Crippen molar-refractivity contribution < 1.29 is 9.59 Å². The Morgan fingerprint density at radius 3 is 2.57 bits per heavy atom. The quantitative estimate of drug-likeness (QED) is 0.708. The van der Waals surface area contributed by atoms with E-state index in [0.717, 1.165) is 18.7 Å². The molecule has 0 saturated heterocycles. The minimum atomic E-state index is -0.696. The van der Waals surface area contributed by atoms with E-state index >= 15 is 0 Å². The molecule has 0 radical (unpaired) electrons. The number of nitrogens with two attached hydrogens (primary N) is 1. The maximum absolute atomic E-state index is 12.4. The van der Waals surface area contributed by atoms with Crippen LogP contribution in [0.15, 0.2) is 12.3 Å². The molecule has 0 aromatic carbocycles. The fourth-order valence-electron chi connectivity index (χ4n) is 1.93. The SMILES string of the molecule is CCCNc1cc(C)ncc1C(=O)NC(C(N)=O)C(C)C. The third-order valence-electron chi connectivity index (χ3n) is 3.11. The molecule has 1 atom stereocenters. The van der Waals surface area contributed by atoms with Gasteiger partial charge in [0.2, 0.25) is 5.91 Å². The lowest BCUT2D eigenvalue weighted by Crippen LogP contribution is -2.47. The lowest BCUT2D eigenvalue weighted by atomic mass is 10.0. The van der Waals surface area contributed by atoms with Crippen LogP contribution >= 0.6 is 0 Å². The lowest BCUT2D eigenvalue weighted by molar-refractivity contribution is -0.120. The second-order valence-electron chi connectivity index (χ2n) is 5.40. The van der Waals surface area contributed by atoms with Gasteiger partial charge in [-0.25, -0.2) is 0 Å². The number of primary amides is 1. The number of rotatable bonds is 7. The van der Waals surface area contributed by atoms with Gasteiger partial charge in [0.1, 0.15) is 6.04 Å². The summed E-state index contributed by atoms with van der Waals surface area (Å²) in [5.41, 5.74) is 7.28. The topological polar surface area (TPSA) is 97.1 Å². The normalized spacial score (nSPS) is 12.0. The van der Waals surface area contributed by atoms with Crippen molar-refractivity contribution >= 4 is 17.5 Å². The van der Waals surface area contributed by atoms with E-state index in [0.29, 0.717) is 11.3 Å². The molecule has 116 valence electrons. The van der Waals surface area contributed by atoms with Crippen LogP contribution in [0.2, 0.25) is 0 Å². The Morgan fingerprint density at radius 2 is 2.05 bits per heavy atom. The van der Waals surface area contributed by atoms with Gasteiger partial charge in [-0.2, -0.15) is 0 Å². The summed E-state index contributed by atoms with van der Waals surface area (Å²) in [6, 6.07) is 1.12. The number of hydrogen-bond acceptors (Lipinski definition) is 4. The Labute approximate surface area is 125 Å². The van der Waals surface area contributed by atoms with Crippen LogP contribution in [-0.2, 0) is 4.79 Å². The molecular formula is C15H24N4O2. The molecule has 0 fully saturated rings. The van der Waals surface area contributed by atoms with E-state index in [1.165, 1.54) is 6.20 Å². The van der Waals surface area contributed by atoms with Gasteiger partial charge in [0.05, 0.1) is 11.3 Å². The van der Waals surface area contributed by atoms with Crippen LogP contribution in [0.1, 0.15) is 43.2 Å². The van der Waals surface area contributed by atoms with Gasteiger partial charge >= 0.3 is 0 Å². The van der Waals surface area contributed by atoms with Crippen molar-refractivity contribution in [2.75, 3.05) is 11.9 Å². The molecule has 1 rings (SSSR count). The summed E-state index contributed by atoms with van der Waals surface area (Å²) in [6.45, 7) is 8.33. The van der Waals surface area contributed by atoms with Gasteiger partial charge < -0.3 is 16.4 Å². The fourth-order valence-corrected chi connectivity index (χ4v) is 1.93. The van der Waals surface area contributed by atoms with Gasteiger partial charge in [0, 0.05) is 18.4 Å². The first-order valence-electron chi connectivity index (χ1n) is 7.17. The zero-order chi connectivity index (χ0) is 16.0. The molecule has 21 heavy (non-hydrogen) atoms. The zero-order valence-electron chi connectivity index (χ0n) is 13.1. The molecule has 4 N–H and O–H groups in total. The van der Waals surface area contributed by atoms with Crippen molar-refractivity contribution in [2.24, 2.45) is 11.7 Å². The first-order chi connectivity index (χ1) is 9.86. The summed E-state index contributed by atoms with van der Waals surface area (Å²) in [5, 5.41) is 5.87. The molecule has 1 aromatic rings. The van der Waals surface area contributed by atoms with Gasteiger partial charge in [0.15, 0.2) is 0 Å². The van der Waals surface area contributed by atoms with Crippen LogP contribution in [0.25, 0.3) is 0 Å². The van der Waals surface area contributed by atoms with Crippen LogP contribution in [-0.4, -0.2) is 29.4 Å². The molecule has 0 saturated carbocycles. The van der Waals surface area contributed by atoms with E-state index in [9.17, 15) is 9.59 Å². The minimum absolute atomic E-state index is 0.0723. The Kier molecular flexibility index (Phi) is 6.14. The summed E-state index contributed by atoms with van der Waals surface area (Å²) < 4.78 is 0. The third kappa shape index (κ3) is 4.73. The minimum Gasteiger partial charge on any atom is -0.384 e. The van der Waals surface area contributed by atoms with E-state index in [2.05, 4.69) is 15.6 Å². The number of aromatic nitrogens is 1. The molecule has 0 bridgehead atoms. The second-order valence-corrected chi connectivity index (χ2v) is 5.40.